The quantitative estimate of drug-likeness (QED) is 0.880. The van der Waals surface area contributed by atoms with E-state index in [1.165, 1.54) is 0 Å². The number of hydrogen-bond donors (Lipinski definition) is 1. The van der Waals surface area contributed by atoms with Gasteiger partial charge in [0.05, 0.1) is 11.1 Å². The molecule has 0 bridgehead atoms. The SMILES string of the molecule is Cc1csc(CCNc2ncccc2OC(C)C)n1. The van der Waals surface area contributed by atoms with E-state index < -0.39 is 0 Å². The van der Waals surface area contributed by atoms with Crippen molar-refractivity contribution in [1.29, 1.82) is 0 Å². The average Bonchev–Trinajstić information content (AvgIpc) is 2.77. The van der Waals surface area contributed by atoms with Crippen molar-refractivity contribution in [2.24, 2.45) is 0 Å². The predicted octanol–water partition coefficient (Wildman–Crippen LogP) is 3.29. The summed E-state index contributed by atoms with van der Waals surface area (Å²) in [5.74, 6) is 1.59. The summed E-state index contributed by atoms with van der Waals surface area (Å²) in [6, 6.07) is 3.82. The topological polar surface area (TPSA) is 47.0 Å². The molecule has 102 valence electrons. The van der Waals surface area contributed by atoms with Gasteiger partial charge in [-0.2, -0.15) is 0 Å². The van der Waals surface area contributed by atoms with E-state index in [0.717, 1.165) is 35.2 Å². The second-order valence-electron chi connectivity index (χ2n) is 4.58. The number of aryl methyl sites for hydroxylation is 1. The molecule has 0 unspecified atom stereocenters. The molecule has 0 saturated heterocycles. The van der Waals surface area contributed by atoms with Crippen LogP contribution in [0.5, 0.6) is 5.75 Å². The van der Waals surface area contributed by atoms with Crippen LogP contribution in [0.25, 0.3) is 0 Å². The zero-order chi connectivity index (χ0) is 13.7. The van der Waals surface area contributed by atoms with Crippen LogP contribution < -0.4 is 10.1 Å². The van der Waals surface area contributed by atoms with Crippen molar-refractivity contribution in [1.82, 2.24) is 9.97 Å². The standard InChI is InChI=1S/C14H19N3OS/c1-10(2)18-12-5-4-7-15-14(12)16-8-6-13-17-11(3)9-19-13/h4-5,7,9-10H,6,8H2,1-3H3,(H,15,16). The number of rotatable bonds is 6. The first-order valence-electron chi connectivity index (χ1n) is 6.41. The number of aromatic nitrogens is 2. The zero-order valence-corrected chi connectivity index (χ0v) is 12.3. The highest BCUT2D eigenvalue weighted by atomic mass is 32.1. The van der Waals surface area contributed by atoms with E-state index in [9.17, 15) is 0 Å². The zero-order valence-electron chi connectivity index (χ0n) is 11.5. The fraction of sp³-hybridized carbons (Fsp3) is 0.429. The van der Waals surface area contributed by atoms with Crippen molar-refractivity contribution in [2.75, 3.05) is 11.9 Å². The predicted molar refractivity (Wildman–Crippen MR) is 79.0 cm³/mol. The van der Waals surface area contributed by atoms with E-state index in [4.69, 9.17) is 4.74 Å². The Labute approximate surface area is 117 Å². The lowest BCUT2D eigenvalue weighted by atomic mass is 10.3. The van der Waals surface area contributed by atoms with E-state index in [-0.39, 0.29) is 6.10 Å². The largest absolute Gasteiger partial charge is 0.487 e. The maximum Gasteiger partial charge on any atom is 0.168 e. The van der Waals surface area contributed by atoms with Crippen molar-refractivity contribution in [3.05, 3.63) is 34.4 Å². The van der Waals surface area contributed by atoms with Gasteiger partial charge in [0, 0.05) is 30.2 Å². The van der Waals surface area contributed by atoms with Crippen molar-refractivity contribution in [2.45, 2.75) is 33.3 Å². The van der Waals surface area contributed by atoms with Gasteiger partial charge in [-0.15, -0.1) is 11.3 Å². The van der Waals surface area contributed by atoms with E-state index in [0.29, 0.717) is 0 Å². The summed E-state index contributed by atoms with van der Waals surface area (Å²) in [7, 11) is 0. The monoisotopic (exact) mass is 277 g/mol. The van der Waals surface area contributed by atoms with Crippen LogP contribution >= 0.6 is 11.3 Å². The molecule has 0 amide bonds. The second kappa shape index (κ2) is 6.52. The number of hydrogen-bond acceptors (Lipinski definition) is 5. The third-order valence-corrected chi connectivity index (χ3v) is 3.46. The van der Waals surface area contributed by atoms with E-state index in [2.05, 4.69) is 20.7 Å². The van der Waals surface area contributed by atoms with E-state index in [1.54, 1.807) is 17.5 Å². The summed E-state index contributed by atoms with van der Waals surface area (Å²) in [5, 5.41) is 6.53. The molecule has 5 heteroatoms. The Morgan fingerprint density at radius 3 is 2.95 bits per heavy atom. The number of nitrogens with one attached hydrogen (secondary N) is 1. The summed E-state index contributed by atoms with van der Waals surface area (Å²) in [5.41, 5.74) is 1.08. The Hall–Kier alpha value is -1.62. The van der Waals surface area contributed by atoms with Gasteiger partial charge in [-0.1, -0.05) is 0 Å². The summed E-state index contributed by atoms with van der Waals surface area (Å²) in [4.78, 5) is 8.75. The number of thiazole rings is 1. The minimum atomic E-state index is 0.145. The third kappa shape index (κ3) is 4.21. The molecule has 0 radical (unpaired) electrons. The molecular weight excluding hydrogens is 258 g/mol. The van der Waals surface area contributed by atoms with E-state index in [1.807, 2.05) is 32.9 Å². The van der Waals surface area contributed by atoms with Gasteiger partial charge in [0.25, 0.3) is 0 Å². The fourth-order valence-corrected chi connectivity index (χ4v) is 2.45. The van der Waals surface area contributed by atoms with Crippen LogP contribution in [-0.4, -0.2) is 22.6 Å². The van der Waals surface area contributed by atoms with Gasteiger partial charge in [0.1, 0.15) is 0 Å². The molecule has 2 heterocycles. The highest BCUT2D eigenvalue weighted by molar-refractivity contribution is 7.09. The Morgan fingerprint density at radius 2 is 2.26 bits per heavy atom. The molecule has 1 N–H and O–H groups in total. The van der Waals surface area contributed by atoms with Crippen LogP contribution in [0, 0.1) is 6.92 Å². The van der Waals surface area contributed by atoms with Crippen LogP contribution in [0.3, 0.4) is 0 Å². The van der Waals surface area contributed by atoms with Gasteiger partial charge < -0.3 is 10.1 Å². The summed E-state index contributed by atoms with van der Waals surface area (Å²) in [6.07, 6.45) is 2.81. The first-order valence-corrected chi connectivity index (χ1v) is 7.29. The molecule has 2 rings (SSSR count). The summed E-state index contributed by atoms with van der Waals surface area (Å²) >= 11 is 1.70. The van der Waals surface area contributed by atoms with Gasteiger partial charge in [0.2, 0.25) is 0 Å². The molecule has 2 aromatic heterocycles. The molecule has 19 heavy (non-hydrogen) atoms. The normalized spacial score (nSPS) is 10.7. The van der Waals surface area contributed by atoms with Crippen molar-refractivity contribution in [3.8, 4) is 5.75 Å². The molecule has 0 spiro atoms. The van der Waals surface area contributed by atoms with Gasteiger partial charge in [-0.25, -0.2) is 9.97 Å². The number of pyridine rings is 1. The Morgan fingerprint density at radius 1 is 1.42 bits per heavy atom. The molecular formula is C14H19N3OS. The maximum absolute atomic E-state index is 5.71. The lowest BCUT2D eigenvalue weighted by Gasteiger charge is -2.13. The molecule has 0 aromatic carbocycles. The lowest BCUT2D eigenvalue weighted by molar-refractivity contribution is 0.243. The van der Waals surface area contributed by atoms with Crippen molar-refractivity contribution >= 4 is 17.2 Å². The summed E-state index contributed by atoms with van der Waals surface area (Å²) < 4.78 is 5.71. The van der Waals surface area contributed by atoms with Crippen molar-refractivity contribution < 1.29 is 4.74 Å². The van der Waals surface area contributed by atoms with Gasteiger partial charge in [-0.3, -0.25) is 0 Å². The van der Waals surface area contributed by atoms with E-state index >= 15 is 0 Å². The van der Waals surface area contributed by atoms with Gasteiger partial charge in [0.15, 0.2) is 11.6 Å². The number of ether oxygens (including phenoxy) is 1. The smallest absolute Gasteiger partial charge is 0.168 e. The second-order valence-corrected chi connectivity index (χ2v) is 5.52. The first kappa shape index (κ1) is 13.8. The molecule has 0 aliphatic rings. The highest BCUT2D eigenvalue weighted by Crippen LogP contribution is 2.22. The summed E-state index contributed by atoms with van der Waals surface area (Å²) in [6.45, 7) is 6.84. The number of anilines is 1. The lowest BCUT2D eigenvalue weighted by Crippen LogP contribution is -2.11. The number of nitrogens with zero attached hydrogens (tertiary/aromatic N) is 2. The Bertz CT molecular complexity index is 525. The minimum absolute atomic E-state index is 0.145. The molecule has 0 atom stereocenters. The first-order chi connectivity index (χ1) is 9.15. The highest BCUT2D eigenvalue weighted by Gasteiger charge is 2.06. The fourth-order valence-electron chi connectivity index (χ4n) is 1.68. The van der Waals surface area contributed by atoms with Crippen LogP contribution in [0.4, 0.5) is 5.82 Å². The Kier molecular flexibility index (Phi) is 4.74. The van der Waals surface area contributed by atoms with Crippen LogP contribution in [0.15, 0.2) is 23.7 Å². The molecule has 0 aliphatic heterocycles. The average molecular weight is 277 g/mol. The molecule has 2 aromatic rings. The van der Waals surface area contributed by atoms with Gasteiger partial charge in [-0.05, 0) is 32.9 Å². The van der Waals surface area contributed by atoms with Crippen LogP contribution in [0.2, 0.25) is 0 Å². The molecule has 4 nitrogen and oxygen atoms in total. The molecule has 0 saturated carbocycles. The Balaban J connectivity index is 1.92. The van der Waals surface area contributed by atoms with Crippen LogP contribution in [0.1, 0.15) is 24.5 Å². The van der Waals surface area contributed by atoms with Crippen LogP contribution in [-0.2, 0) is 6.42 Å². The maximum atomic E-state index is 5.71. The van der Waals surface area contributed by atoms with Crippen molar-refractivity contribution in [3.63, 3.8) is 0 Å². The third-order valence-electron chi connectivity index (χ3n) is 2.43. The molecule has 0 aliphatic carbocycles. The minimum Gasteiger partial charge on any atom is -0.487 e. The molecule has 0 fully saturated rings. The van der Waals surface area contributed by atoms with Gasteiger partial charge >= 0.3 is 0 Å².